The quantitative estimate of drug-likeness (QED) is 0.614. The predicted molar refractivity (Wildman–Crippen MR) is 84.9 cm³/mol. The minimum Gasteiger partial charge on any atom is -0.304 e. The number of hydrogen-bond donors (Lipinski definition) is 3. The number of benzene rings is 1. The third-order valence-electron chi connectivity index (χ3n) is 3.67. The van der Waals surface area contributed by atoms with Crippen LogP contribution in [0.25, 0.3) is 0 Å². The van der Waals surface area contributed by atoms with Gasteiger partial charge in [-0.05, 0) is 18.6 Å². The van der Waals surface area contributed by atoms with Gasteiger partial charge in [0, 0.05) is 26.2 Å². The Kier molecular flexibility index (Phi) is 5.34. The molecule has 2 amide bonds. The third-order valence-corrected chi connectivity index (χ3v) is 5.89. The summed E-state index contributed by atoms with van der Waals surface area (Å²) in [6, 6.07) is 7.79. The zero-order valence-corrected chi connectivity index (χ0v) is 13.8. The highest BCUT2D eigenvalue weighted by Crippen LogP contribution is 2.17. The average molecular weight is 340 g/mol. The Morgan fingerprint density at radius 3 is 2.43 bits per heavy atom. The van der Waals surface area contributed by atoms with Gasteiger partial charge in [-0.2, -0.15) is 0 Å². The molecule has 0 bridgehead atoms. The largest absolute Gasteiger partial charge is 0.304 e. The molecule has 0 aliphatic carbocycles. The summed E-state index contributed by atoms with van der Waals surface area (Å²) in [6.07, 6.45) is 0.160. The molecule has 1 saturated heterocycles. The molecule has 3 N–H and O–H groups in total. The lowest BCUT2D eigenvalue weighted by atomic mass is 10.2. The maximum absolute atomic E-state index is 12.0. The van der Waals surface area contributed by atoms with Gasteiger partial charge in [-0.15, -0.1) is 0 Å². The van der Waals surface area contributed by atoms with Crippen molar-refractivity contribution < 1.29 is 18.0 Å². The van der Waals surface area contributed by atoms with E-state index in [2.05, 4.69) is 16.2 Å². The molecule has 0 saturated carbocycles. The number of hydrazine groups is 1. The van der Waals surface area contributed by atoms with Crippen LogP contribution in [0.4, 0.5) is 0 Å². The van der Waals surface area contributed by atoms with Crippen LogP contribution in [0.2, 0.25) is 0 Å². The molecule has 9 heteroatoms. The fourth-order valence-electron chi connectivity index (χ4n) is 2.30. The maximum atomic E-state index is 12.0. The Bertz CT molecular complexity index is 675. The summed E-state index contributed by atoms with van der Waals surface area (Å²) in [5, 5.41) is 2.21. The van der Waals surface area contributed by atoms with Gasteiger partial charge in [0.1, 0.15) is 0 Å². The Morgan fingerprint density at radius 1 is 1.17 bits per heavy atom. The number of hydrogen-bond acceptors (Lipinski definition) is 5. The molecule has 0 radical (unpaired) electrons. The van der Waals surface area contributed by atoms with Crippen LogP contribution in [0.5, 0.6) is 0 Å². The van der Waals surface area contributed by atoms with Crippen LogP contribution in [0.3, 0.4) is 0 Å². The molecule has 2 atom stereocenters. The lowest BCUT2D eigenvalue weighted by molar-refractivity contribution is -0.123. The van der Waals surface area contributed by atoms with Crippen molar-refractivity contribution in [3.8, 4) is 0 Å². The number of amides is 2. The SMILES string of the molecule is CN(C)S(=O)(=O)C1CNC(C(=O)NNC(=O)c2ccccc2)C1. The van der Waals surface area contributed by atoms with Crippen molar-refractivity contribution >= 4 is 21.8 Å². The van der Waals surface area contributed by atoms with E-state index >= 15 is 0 Å². The van der Waals surface area contributed by atoms with E-state index in [-0.39, 0.29) is 13.0 Å². The molecule has 2 unspecified atom stereocenters. The Balaban J connectivity index is 1.87. The van der Waals surface area contributed by atoms with Gasteiger partial charge < -0.3 is 5.32 Å². The predicted octanol–water partition coefficient (Wildman–Crippen LogP) is -0.930. The first-order valence-electron chi connectivity index (χ1n) is 7.12. The monoisotopic (exact) mass is 340 g/mol. The second-order valence-electron chi connectivity index (χ2n) is 5.46. The van der Waals surface area contributed by atoms with Gasteiger partial charge in [-0.3, -0.25) is 20.4 Å². The Hall–Kier alpha value is -1.97. The summed E-state index contributed by atoms with van der Waals surface area (Å²) in [5.74, 6) is -0.903. The smallest absolute Gasteiger partial charge is 0.269 e. The first-order valence-corrected chi connectivity index (χ1v) is 8.62. The van der Waals surface area contributed by atoms with Crippen LogP contribution in [0.15, 0.2) is 30.3 Å². The lowest BCUT2D eigenvalue weighted by Gasteiger charge is -2.16. The third kappa shape index (κ3) is 4.06. The summed E-state index contributed by atoms with van der Waals surface area (Å²) < 4.78 is 25.2. The summed E-state index contributed by atoms with van der Waals surface area (Å²) in [6.45, 7) is 0.200. The molecular formula is C14H20N4O4S. The minimum atomic E-state index is -3.41. The molecule has 1 aliphatic rings. The second-order valence-corrected chi connectivity index (χ2v) is 7.88. The Labute approximate surface area is 135 Å². The number of nitrogens with zero attached hydrogens (tertiary/aromatic N) is 1. The summed E-state index contributed by atoms with van der Waals surface area (Å²) in [7, 11) is -0.492. The highest BCUT2D eigenvalue weighted by molar-refractivity contribution is 7.89. The van der Waals surface area contributed by atoms with E-state index in [4.69, 9.17) is 0 Å². The van der Waals surface area contributed by atoms with Gasteiger partial charge in [0.15, 0.2) is 0 Å². The van der Waals surface area contributed by atoms with Gasteiger partial charge in [0.2, 0.25) is 10.0 Å². The average Bonchev–Trinajstić information content (AvgIpc) is 3.03. The molecule has 0 spiro atoms. The molecule has 8 nitrogen and oxygen atoms in total. The first kappa shape index (κ1) is 17.4. The number of sulfonamides is 1. The summed E-state index contributed by atoms with van der Waals surface area (Å²) in [5.41, 5.74) is 5.05. The molecule has 1 heterocycles. The van der Waals surface area contributed by atoms with Crippen LogP contribution in [0.1, 0.15) is 16.8 Å². The normalized spacial score (nSPS) is 21.2. The summed E-state index contributed by atoms with van der Waals surface area (Å²) in [4.78, 5) is 23.9. The van der Waals surface area contributed by atoms with Crippen molar-refractivity contribution in [2.24, 2.45) is 0 Å². The van der Waals surface area contributed by atoms with E-state index in [1.807, 2.05) is 0 Å². The van der Waals surface area contributed by atoms with Crippen molar-refractivity contribution in [3.63, 3.8) is 0 Å². The van der Waals surface area contributed by atoms with E-state index in [0.717, 1.165) is 4.31 Å². The van der Waals surface area contributed by atoms with Crippen LogP contribution in [-0.2, 0) is 14.8 Å². The van der Waals surface area contributed by atoms with Crippen molar-refractivity contribution in [1.82, 2.24) is 20.5 Å². The molecule has 126 valence electrons. The molecule has 2 rings (SSSR count). The number of carbonyl (C=O) groups is 2. The number of rotatable bonds is 4. The molecule has 23 heavy (non-hydrogen) atoms. The van der Waals surface area contributed by atoms with E-state index in [0.29, 0.717) is 5.56 Å². The van der Waals surface area contributed by atoms with Gasteiger partial charge in [0.25, 0.3) is 11.8 Å². The fourth-order valence-corrected chi connectivity index (χ4v) is 3.63. The zero-order valence-electron chi connectivity index (χ0n) is 12.9. The highest BCUT2D eigenvalue weighted by atomic mass is 32.2. The Morgan fingerprint density at radius 2 is 1.83 bits per heavy atom. The minimum absolute atomic E-state index is 0.160. The van der Waals surface area contributed by atoms with Crippen molar-refractivity contribution in [1.29, 1.82) is 0 Å². The first-order chi connectivity index (χ1) is 10.8. The lowest BCUT2D eigenvalue weighted by Crippen LogP contribution is -2.49. The molecular weight excluding hydrogens is 320 g/mol. The van der Waals surface area contributed by atoms with Crippen molar-refractivity contribution in [2.75, 3.05) is 20.6 Å². The molecule has 1 aromatic rings. The fraction of sp³-hybridized carbons (Fsp3) is 0.429. The topological polar surface area (TPSA) is 108 Å². The van der Waals surface area contributed by atoms with Crippen LogP contribution in [0, 0.1) is 0 Å². The van der Waals surface area contributed by atoms with Crippen molar-refractivity contribution in [2.45, 2.75) is 17.7 Å². The van der Waals surface area contributed by atoms with Gasteiger partial charge >= 0.3 is 0 Å². The van der Waals surface area contributed by atoms with Gasteiger partial charge in [-0.25, -0.2) is 12.7 Å². The number of nitrogens with one attached hydrogen (secondary N) is 3. The molecule has 1 fully saturated rings. The maximum Gasteiger partial charge on any atom is 0.269 e. The molecule has 1 aliphatic heterocycles. The van der Waals surface area contributed by atoms with Crippen LogP contribution < -0.4 is 16.2 Å². The van der Waals surface area contributed by atoms with Crippen molar-refractivity contribution in [3.05, 3.63) is 35.9 Å². The van der Waals surface area contributed by atoms with E-state index in [9.17, 15) is 18.0 Å². The summed E-state index contributed by atoms with van der Waals surface area (Å²) >= 11 is 0. The number of carbonyl (C=O) groups excluding carboxylic acids is 2. The van der Waals surface area contributed by atoms with E-state index in [1.54, 1.807) is 30.3 Å². The van der Waals surface area contributed by atoms with Crippen LogP contribution >= 0.6 is 0 Å². The van der Waals surface area contributed by atoms with Gasteiger partial charge in [0.05, 0.1) is 11.3 Å². The standard InChI is InChI=1S/C14H20N4O4S/c1-18(2)23(21,22)11-8-12(15-9-11)14(20)17-16-13(19)10-6-4-3-5-7-10/h3-7,11-12,15H,8-9H2,1-2H3,(H,16,19)(H,17,20). The second kappa shape index (κ2) is 7.07. The zero-order chi connectivity index (χ0) is 17.0. The van der Waals surface area contributed by atoms with E-state index in [1.165, 1.54) is 14.1 Å². The van der Waals surface area contributed by atoms with Crippen LogP contribution in [-0.4, -0.2) is 56.5 Å². The molecule has 0 aromatic heterocycles. The highest BCUT2D eigenvalue weighted by Gasteiger charge is 2.38. The van der Waals surface area contributed by atoms with Gasteiger partial charge in [-0.1, -0.05) is 18.2 Å². The van der Waals surface area contributed by atoms with E-state index < -0.39 is 33.1 Å². The molecule has 1 aromatic carbocycles.